The molecule has 0 aromatic heterocycles. The second-order valence-corrected chi connectivity index (χ2v) is 6.52. The smallest absolute Gasteiger partial charge is 0.0621 e. The van der Waals surface area contributed by atoms with Crippen LogP contribution in [0.1, 0.15) is 20.6 Å². The molecular weight excluding hydrogens is 327 g/mol. The Balaban J connectivity index is 2.20. The molecular formula is C14H9IS. The van der Waals surface area contributed by atoms with Crippen molar-refractivity contribution in [2.24, 2.45) is 0 Å². The minimum atomic E-state index is 0.543. The Morgan fingerprint density at radius 2 is 1.75 bits per heavy atom. The number of hydrogen-bond acceptors (Lipinski definition) is 1. The molecule has 78 valence electrons. The van der Waals surface area contributed by atoms with Crippen LogP contribution in [0, 0.1) is 0 Å². The topological polar surface area (TPSA) is 0 Å². The van der Waals surface area contributed by atoms with Gasteiger partial charge in [0.2, 0.25) is 0 Å². The lowest BCUT2D eigenvalue weighted by atomic mass is 10.00. The highest BCUT2D eigenvalue weighted by atomic mass is 127. The SMILES string of the molecule is IC1c2cccc3c2-c2c(cccc21)SC3. The third-order valence-corrected chi connectivity index (χ3v) is 5.87. The molecule has 0 saturated heterocycles. The zero-order chi connectivity index (χ0) is 10.7. The van der Waals surface area contributed by atoms with Crippen LogP contribution in [-0.4, -0.2) is 0 Å². The Morgan fingerprint density at radius 3 is 2.62 bits per heavy atom. The highest BCUT2D eigenvalue weighted by Gasteiger charge is 2.32. The molecule has 0 nitrogen and oxygen atoms in total. The van der Waals surface area contributed by atoms with Gasteiger partial charge in [-0.2, -0.15) is 0 Å². The van der Waals surface area contributed by atoms with Gasteiger partial charge in [0.15, 0.2) is 0 Å². The fraction of sp³-hybridized carbons (Fsp3) is 0.143. The zero-order valence-corrected chi connectivity index (χ0v) is 11.5. The molecule has 0 saturated carbocycles. The molecule has 0 fully saturated rings. The first-order chi connectivity index (χ1) is 7.86. The monoisotopic (exact) mass is 336 g/mol. The standard InChI is InChI=1S/C14H9IS/c15-14-9-4-1-3-8-7-16-11-6-2-5-10(14)13(11)12(8)9/h1-6,14H,7H2. The lowest BCUT2D eigenvalue weighted by Gasteiger charge is -2.18. The maximum absolute atomic E-state index is 2.57. The number of benzene rings is 2. The Morgan fingerprint density at radius 1 is 1.00 bits per heavy atom. The first-order valence-corrected chi connectivity index (χ1v) is 7.61. The fourth-order valence-corrected chi connectivity index (χ4v) is 4.86. The first-order valence-electron chi connectivity index (χ1n) is 5.38. The van der Waals surface area contributed by atoms with Crippen LogP contribution in [-0.2, 0) is 5.75 Å². The van der Waals surface area contributed by atoms with E-state index in [9.17, 15) is 0 Å². The molecule has 1 aliphatic heterocycles. The predicted molar refractivity (Wildman–Crippen MR) is 77.3 cm³/mol. The van der Waals surface area contributed by atoms with Crippen LogP contribution in [0.4, 0.5) is 0 Å². The maximum Gasteiger partial charge on any atom is 0.0621 e. The van der Waals surface area contributed by atoms with Gasteiger partial charge in [-0.15, -0.1) is 11.8 Å². The van der Waals surface area contributed by atoms with Gasteiger partial charge in [0, 0.05) is 16.2 Å². The van der Waals surface area contributed by atoms with E-state index in [-0.39, 0.29) is 0 Å². The van der Waals surface area contributed by atoms with E-state index in [0.29, 0.717) is 3.92 Å². The molecule has 2 aromatic carbocycles. The average Bonchev–Trinajstić information content (AvgIpc) is 2.64. The largest absolute Gasteiger partial charge is 0.121 e. The van der Waals surface area contributed by atoms with E-state index in [2.05, 4.69) is 59.0 Å². The molecule has 0 spiro atoms. The number of halogens is 1. The van der Waals surface area contributed by atoms with E-state index in [0.717, 1.165) is 5.75 Å². The maximum atomic E-state index is 2.57. The van der Waals surface area contributed by atoms with Crippen LogP contribution in [0.2, 0.25) is 0 Å². The molecule has 0 amide bonds. The molecule has 0 N–H and O–H groups in total. The summed E-state index contributed by atoms with van der Waals surface area (Å²) in [6.45, 7) is 0. The van der Waals surface area contributed by atoms with Crippen molar-refractivity contribution in [2.75, 3.05) is 0 Å². The summed E-state index contributed by atoms with van der Waals surface area (Å²) in [6.07, 6.45) is 0. The summed E-state index contributed by atoms with van der Waals surface area (Å²) in [5, 5.41) is 0. The molecule has 1 unspecified atom stereocenters. The van der Waals surface area contributed by atoms with Crippen molar-refractivity contribution in [3.8, 4) is 11.1 Å². The van der Waals surface area contributed by atoms with Crippen LogP contribution in [0.25, 0.3) is 11.1 Å². The lowest BCUT2D eigenvalue weighted by Crippen LogP contribution is -1.94. The van der Waals surface area contributed by atoms with Crippen molar-refractivity contribution in [2.45, 2.75) is 14.6 Å². The fourth-order valence-electron chi connectivity index (χ4n) is 2.73. The van der Waals surface area contributed by atoms with Crippen molar-refractivity contribution < 1.29 is 0 Å². The molecule has 16 heavy (non-hydrogen) atoms. The van der Waals surface area contributed by atoms with Crippen molar-refractivity contribution in [3.05, 3.63) is 53.1 Å². The zero-order valence-electron chi connectivity index (χ0n) is 8.53. The number of rotatable bonds is 0. The first kappa shape index (κ1) is 9.54. The van der Waals surface area contributed by atoms with Crippen molar-refractivity contribution in [1.82, 2.24) is 0 Å². The van der Waals surface area contributed by atoms with Gasteiger partial charge in [-0.25, -0.2) is 0 Å². The van der Waals surface area contributed by atoms with Crippen LogP contribution in [0.5, 0.6) is 0 Å². The number of thioether (sulfide) groups is 1. The Bertz CT molecular complexity index is 550. The van der Waals surface area contributed by atoms with Gasteiger partial charge in [-0.1, -0.05) is 52.9 Å². The summed E-state index contributed by atoms with van der Waals surface area (Å²) in [6, 6.07) is 13.5. The van der Waals surface area contributed by atoms with Gasteiger partial charge in [0.1, 0.15) is 0 Å². The summed E-state index contributed by atoms with van der Waals surface area (Å²) in [5.74, 6) is 1.13. The number of alkyl halides is 1. The van der Waals surface area contributed by atoms with Crippen LogP contribution in [0.3, 0.4) is 0 Å². The number of hydrogen-bond donors (Lipinski definition) is 0. The summed E-state index contributed by atoms with van der Waals surface area (Å²) in [7, 11) is 0. The Labute approximate surface area is 113 Å². The average molecular weight is 336 g/mol. The molecule has 0 bridgehead atoms. The van der Waals surface area contributed by atoms with Crippen LogP contribution >= 0.6 is 34.4 Å². The van der Waals surface area contributed by atoms with E-state index in [1.54, 1.807) is 0 Å². The third-order valence-electron chi connectivity index (χ3n) is 3.42. The lowest BCUT2D eigenvalue weighted by molar-refractivity contribution is 1.26. The Kier molecular flexibility index (Phi) is 1.95. The van der Waals surface area contributed by atoms with E-state index in [1.807, 2.05) is 11.8 Å². The summed E-state index contributed by atoms with van der Waals surface area (Å²) >= 11 is 4.54. The van der Waals surface area contributed by atoms with Gasteiger partial charge < -0.3 is 0 Å². The molecule has 2 heteroatoms. The molecule has 4 rings (SSSR count). The van der Waals surface area contributed by atoms with Crippen LogP contribution < -0.4 is 0 Å². The minimum absolute atomic E-state index is 0.543. The van der Waals surface area contributed by atoms with E-state index < -0.39 is 0 Å². The van der Waals surface area contributed by atoms with Gasteiger partial charge in [0.25, 0.3) is 0 Å². The molecule has 0 radical (unpaired) electrons. The minimum Gasteiger partial charge on any atom is -0.121 e. The van der Waals surface area contributed by atoms with Crippen molar-refractivity contribution in [1.29, 1.82) is 0 Å². The van der Waals surface area contributed by atoms with E-state index >= 15 is 0 Å². The highest BCUT2D eigenvalue weighted by Crippen LogP contribution is 2.55. The Hall–Kier alpha value is -0.480. The van der Waals surface area contributed by atoms with Gasteiger partial charge in [-0.3, -0.25) is 0 Å². The van der Waals surface area contributed by atoms with Gasteiger partial charge in [-0.05, 0) is 28.3 Å². The highest BCUT2D eigenvalue weighted by molar-refractivity contribution is 14.1. The van der Waals surface area contributed by atoms with Crippen molar-refractivity contribution in [3.63, 3.8) is 0 Å². The second kappa shape index (κ2) is 3.26. The summed E-state index contributed by atoms with van der Waals surface area (Å²) < 4.78 is 0.543. The second-order valence-electron chi connectivity index (χ2n) is 4.25. The molecule has 1 atom stereocenters. The van der Waals surface area contributed by atoms with Crippen molar-refractivity contribution >= 4 is 34.4 Å². The van der Waals surface area contributed by atoms with Gasteiger partial charge >= 0.3 is 0 Å². The third kappa shape index (κ3) is 1.07. The quantitative estimate of drug-likeness (QED) is 0.492. The summed E-state index contributed by atoms with van der Waals surface area (Å²) in [5.41, 5.74) is 7.59. The molecule has 2 aromatic rings. The predicted octanol–water partition coefficient (Wildman–Crippen LogP) is 4.80. The molecule has 1 aliphatic carbocycles. The van der Waals surface area contributed by atoms with E-state index in [4.69, 9.17) is 0 Å². The van der Waals surface area contributed by atoms with Gasteiger partial charge in [0.05, 0.1) is 3.92 Å². The molecule has 1 heterocycles. The normalized spacial score (nSPS) is 19.7. The summed E-state index contributed by atoms with van der Waals surface area (Å²) in [4.78, 5) is 1.47. The van der Waals surface area contributed by atoms with E-state index in [1.165, 1.54) is 32.7 Å². The molecule has 2 aliphatic rings. The van der Waals surface area contributed by atoms with Crippen LogP contribution in [0.15, 0.2) is 41.3 Å².